The Bertz CT molecular complexity index is 2170. The maximum Gasteiger partial charge on any atom is 0.472 e. The number of ether oxygens (including phenoxy) is 4. The number of carbonyl (C=O) groups is 4. The molecule has 5 unspecified atom stereocenters. The number of esters is 4. The summed E-state index contributed by atoms with van der Waals surface area (Å²) in [5.74, 6) is -2.20. The third-order valence-corrected chi connectivity index (χ3v) is 19.9. The van der Waals surface area contributed by atoms with Crippen molar-refractivity contribution in [1.82, 2.24) is 0 Å². The van der Waals surface area contributed by atoms with E-state index in [1.807, 2.05) is 12.2 Å². The molecule has 0 rings (SSSR count). The first-order valence-electron chi connectivity index (χ1n) is 41.5. The Morgan fingerprint density at radius 3 is 0.784 bits per heavy atom. The number of unbranched alkanes of at least 4 members (excludes halogenated alkanes) is 43. The molecule has 0 fully saturated rings. The molecule has 0 radical (unpaired) electrons. The summed E-state index contributed by atoms with van der Waals surface area (Å²) in [7, 11) is -9.95. The van der Waals surface area contributed by atoms with Gasteiger partial charge in [0.15, 0.2) is 12.2 Å². The average molecular weight is 1480 g/mol. The van der Waals surface area contributed by atoms with Crippen molar-refractivity contribution in [2.24, 2.45) is 0 Å². The van der Waals surface area contributed by atoms with Gasteiger partial charge < -0.3 is 33.8 Å². The normalized spacial score (nSPS) is 14.1. The first kappa shape index (κ1) is 98.8. The summed E-state index contributed by atoms with van der Waals surface area (Å²) >= 11 is 0. The van der Waals surface area contributed by atoms with Crippen LogP contribution in [-0.4, -0.2) is 96.7 Å². The van der Waals surface area contributed by atoms with Gasteiger partial charge >= 0.3 is 39.5 Å². The Morgan fingerprint density at radius 1 is 0.284 bits per heavy atom. The number of hydrogen-bond donors (Lipinski definition) is 3. The quantitative estimate of drug-likeness (QED) is 0.0169. The molecular formula is C83H152O17P2. The third-order valence-electron chi connectivity index (χ3n) is 18.0. The van der Waals surface area contributed by atoms with E-state index in [2.05, 4.69) is 76.3 Å². The largest absolute Gasteiger partial charge is 0.472 e. The lowest BCUT2D eigenvalue weighted by Crippen LogP contribution is -2.30. The predicted molar refractivity (Wildman–Crippen MR) is 418 cm³/mol. The van der Waals surface area contributed by atoms with E-state index < -0.39 is 97.5 Å². The van der Waals surface area contributed by atoms with Crippen molar-refractivity contribution in [1.29, 1.82) is 0 Å². The molecule has 0 heterocycles. The average Bonchev–Trinajstić information content (AvgIpc) is 0.923. The second kappa shape index (κ2) is 76.0. The fourth-order valence-electron chi connectivity index (χ4n) is 11.7. The summed E-state index contributed by atoms with van der Waals surface area (Å²) in [5.41, 5.74) is 0. The maximum atomic E-state index is 13.1. The minimum atomic E-state index is -4.98. The van der Waals surface area contributed by atoms with Crippen molar-refractivity contribution >= 4 is 39.5 Å². The van der Waals surface area contributed by atoms with E-state index in [1.165, 1.54) is 199 Å². The zero-order chi connectivity index (χ0) is 74.6. The van der Waals surface area contributed by atoms with Crippen molar-refractivity contribution in [3.63, 3.8) is 0 Å². The molecule has 0 saturated carbocycles. The Hall–Kier alpha value is -3.24. The Morgan fingerprint density at radius 2 is 0.510 bits per heavy atom. The summed E-state index contributed by atoms with van der Waals surface area (Å²) in [6.45, 7) is 4.81. The molecule has 5 atom stereocenters. The van der Waals surface area contributed by atoms with Crippen LogP contribution in [0.15, 0.2) is 60.8 Å². The van der Waals surface area contributed by atoms with Gasteiger partial charge in [0, 0.05) is 25.7 Å². The third kappa shape index (κ3) is 75.0. The van der Waals surface area contributed by atoms with Crippen molar-refractivity contribution < 1.29 is 80.2 Å². The Labute approximate surface area is 622 Å². The highest BCUT2D eigenvalue weighted by molar-refractivity contribution is 7.47. The van der Waals surface area contributed by atoms with E-state index in [0.717, 1.165) is 103 Å². The van der Waals surface area contributed by atoms with Gasteiger partial charge in [-0.15, -0.1) is 0 Å². The molecule has 3 N–H and O–H groups in total. The number of rotatable bonds is 79. The summed E-state index contributed by atoms with van der Waals surface area (Å²) in [6.07, 6.45) is 76.2. The van der Waals surface area contributed by atoms with Gasteiger partial charge in [-0.3, -0.25) is 37.3 Å². The van der Waals surface area contributed by atoms with E-state index in [1.54, 1.807) is 0 Å². The predicted octanol–water partition coefficient (Wildman–Crippen LogP) is 24.2. The Kier molecular flexibility index (Phi) is 73.6. The zero-order valence-electron chi connectivity index (χ0n) is 65.3. The second-order valence-electron chi connectivity index (χ2n) is 28.1. The SMILES string of the molecule is CC/C=C\C/C=C\C/C=C\C/C=C\C/C=C\CCCC(=O)OCC(COP(=O)(O)OCC(O)COP(=O)(O)OCC(COC(=O)CCCCCCCCCCCCCCCCC)OC(=O)CCCCCCCCCCCCCCCCC)OC(=O)CCCCCCCCCCCCCCCCC. The van der Waals surface area contributed by atoms with E-state index in [9.17, 15) is 43.2 Å². The van der Waals surface area contributed by atoms with E-state index in [-0.39, 0.29) is 25.7 Å². The van der Waals surface area contributed by atoms with Crippen LogP contribution in [-0.2, 0) is 65.4 Å². The monoisotopic (exact) mass is 1480 g/mol. The molecule has 19 heteroatoms. The summed E-state index contributed by atoms with van der Waals surface area (Å²) < 4.78 is 68.7. The van der Waals surface area contributed by atoms with Crippen LogP contribution < -0.4 is 0 Å². The van der Waals surface area contributed by atoms with E-state index in [0.29, 0.717) is 32.1 Å². The van der Waals surface area contributed by atoms with Gasteiger partial charge in [0.2, 0.25) is 0 Å². The minimum absolute atomic E-state index is 0.0883. The van der Waals surface area contributed by atoms with Crippen LogP contribution in [0.5, 0.6) is 0 Å². The standard InChI is InChI=1S/C83H152O17P2/c1-5-9-13-17-21-25-29-33-37-38-42-44-48-52-56-60-64-68-81(86)94-74-79(100-83(88)70-66-62-58-54-50-46-41-36-32-28-24-20-16-12-8-4)76-98-102(91,92)96-72-77(84)71-95-101(89,90)97-75-78(99-82(87)69-65-61-57-53-49-45-40-35-31-27-23-19-15-11-7-3)73-93-80(85)67-63-59-55-51-47-43-39-34-30-26-22-18-14-10-6-2/h9,13,21,25,33,37,42,44,52,56,77-79,84H,5-8,10-12,14-20,22-24,26-32,34-36,38-41,43,45-51,53-55,57-76H2,1-4H3,(H,89,90)(H,91,92)/b13-9-,25-21-,37-33-,44-42-,56-52-. The van der Waals surface area contributed by atoms with Crippen LogP contribution in [0.1, 0.15) is 387 Å². The van der Waals surface area contributed by atoms with Crippen LogP contribution in [0.2, 0.25) is 0 Å². The van der Waals surface area contributed by atoms with Gasteiger partial charge in [-0.25, -0.2) is 9.13 Å². The topological polar surface area (TPSA) is 237 Å². The zero-order valence-corrected chi connectivity index (χ0v) is 67.1. The van der Waals surface area contributed by atoms with Crippen molar-refractivity contribution in [2.75, 3.05) is 39.6 Å². The lowest BCUT2D eigenvalue weighted by Gasteiger charge is -2.21. The molecule has 0 amide bonds. The minimum Gasteiger partial charge on any atom is -0.462 e. The number of allylic oxidation sites excluding steroid dienone is 10. The molecule has 0 saturated heterocycles. The van der Waals surface area contributed by atoms with Crippen molar-refractivity contribution in [3.8, 4) is 0 Å². The summed E-state index contributed by atoms with van der Waals surface area (Å²) in [6, 6.07) is 0. The van der Waals surface area contributed by atoms with Gasteiger partial charge in [-0.2, -0.15) is 0 Å². The molecule has 0 aromatic heterocycles. The van der Waals surface area contributed by atoms with E-state index in [4.69, 9.17) is 37.0 Å². The van der Waals surface area contributed by atoms with Crippen molar-refractivity contribution in [2.45, 2.75) is 406 Å². The first-order valence-corrected chi connectivity index (χ1v) is 44.5. The van der Waals surface area contributed by atoms with Gasteiger partial charge in [-0.1, -0.05) is 358 Å². The smallest absolute Gasteiger partial charge is 0.462 e. The number of hydrogen-bond acceptors (Lipinski definition) is 15. The highest BCUT2D eigenvalue weighted by Gasteiger charge is 2.30. The molecule has 0 aromatic carbocycles. The maximum absolute atomic E-state index is 13.1. The second-order valence-corrected chi connectivity index (χ2v) is 31.0. The van der Waals surface area contributed by atoms with Gasteiger partial charge in [0.05, 0.1) is 26.4 Å². The lowest BCUT2D eigenvalue weighted by molar-refractivity contribution is -0.161. The Balaban J connectivity index is 5.35. The van der Waals surface area contributed by atoms with Crippen LogP contribution in [0.25, 0.3) is 0 Å². The van der Waals surface area contributed by atoms with Gasteiger partial charge in [0.25, 0.3) is 0 Å². The molecule has 0 aliphatic heterocycles. The molecule has 102 heavy (non-hydrogen) atoms. The van der Waals surface area contributed by atoms with Crippen LogP contribution in [0.4, 0.5) is 0 Å². The number of phosphoric acid groups is 2. The number of aliphatic hydroxyl groups is 1. The molecule has 0 spiro atoms. The number of carbonyl (C=O) groups excluding carboxylic acids is 4. The molecule has 0 aliphatic rings. The fraction of sp³-hybridized carbons (Fsp3) is 0.831. The van der Waals surface area contributed by atoms with Crippen LogP contribution >= 0.6 is 15.6 Å². The molecular weight excluding hydrogens is 1330 g/mol. The van der Waals surface area contributed by atoms with Gasteiger partial charge in [-0.05, 0) is 64.2 Å². The summed E-state index contributed by atoms with van der Waals surface area (Å²) in [4.78, 5) is 73.1. The lowest BCUT2D eigenvalue weighted by atomic mass is 10.0. The number of phosphoric ester groups is 2. The number of aliphatic hydroxyl groups excluding tert-OH is 1. The molecule has 596 valence electrons. The molecule has 17 nitrogen and oxygen atoms in total. The van der Waals surface area contributed by atoms with Gasteiger partial charge in [0.1, 0.15) is 19.3 Å². The highest BCUT2D eigenvalue weighted by atomic mass is 31.2. The summed E-state index contributed by atoms with van der Waals surface area (Å²) in [5, 5.41) is 10.6. The molecule has 0 aliphatic carbocycles. The fourth-order valence-corrected chi connectivity index (χ4v) is 13.3. The molecule has 0 bridgehead atoms. The highest BCUT2D eigenvalue weighted by Crippen LogP contribution is 2.45. The van der Waals surface area contributed by atoms with Crippen molar-refractivity contribution in [3.05, 3.63) is 60.8 Å². The van der Waals surface area contributed by atoms with E-state index >= 15 is 0 Å². The van der Waals surface area contributed by atoms with Crippen LogP contribution in [0.3, 0.4) is 0 Å². The first-order chi connectivity index (χ1) is 49.7. The van der Waals surface area contributed by atoms with Crippen LogP contribution in [0, 0.1) is 0 Å². The molecule has 0 aromatic rings.